The number of aromatic nitrogens is 4. The van der Waals surface area contributed by atoms with Crippen molar-refractivity contribution in [1.29, 1.82) is 0 Å². The number of thioether (sulfide) groups is 1. The summed E-state index contributed by atoms with van der Waals surface area (Å²) in [6.07, 6.45) is 6.18. The molecular weight excluding hydrogens is 382 g/mol. The van der Waals surface area contributed by atoms with E-state index in [0.717, 1.165) is 39.2 Å². The highest BCUT2D eigenvalue weighted by Gasteiger charge is 2.24. The number of Topliss-reactive ketones (excluding diaryl/α,β-unsaturated/α-hetero) is 1. The van der Waals surface area contributed by atoms with Crippen molar-refractivity contribution in [2.45, 2.75) is 18.2 Å². The van der Waals surface area contributed by atoms with E-state index in [0.29, 0.717) is 17.8 Å². The summed E-state index contributed by atoms with van der Waals surface area (Å²) in [6, 6.07) is 12.0. The Labute approximate surface area is 171 Å². The smallest absolute Gasteiger partial charge is 0.194 e. The average Bonchev–Trinajstić information content (AvgIpc) is 3.41. The number of carbonyl (C=O) groups excluding carboxylic acids is 1. The molecule has 3 N–H and O–H groups in total. The fourth-order valence-corrected chi connectivity index (χ4v) is 4.20. The van der Waals surface area contributed by atoms with Gasteiger partial charge in [0, 0.05) is 16.9 Å². The molecule has 5 rings (SSSR count). The third-order valence-electron chi connectivity index (χ3n) is 5.23. The highest BCUT2D eigenvalue weighted by Crippen LogP contribution is 2.31. The fraction of sp³-hybridized carbons (Fsp3) is 0.136. The quantitative estimate of drug-likeness (QED) is 0.395. The van der Waals surface area contributed by atoms with Gasteiger partial charge < -0.3 is 10.7 Å². The number of hydrogen-bond donors (Lipinski definition) is 2. The van der Waals surface area contributed by atoms with E-state index in [-0.39, 0.29) is 5.78 Å². The Kier molecular flexibility index (Phi) is 4.06. The van der Waals surface area contributed by atoms with Crippen LogP contribution in [0.15, 0.2) is 53.1 Å². The summed E-state index contributed by atoms with van der Waals surface area (Å²) in [7, 11) is 0. The molecule has 1 aliphatic carbocycles. The number of aromatic amines is 1. The number of H-pyrrole nitrogens is 1. The van der Waals surface area contributed by atoms with Gasteiger partial charge in [-0.05, 0) is 60.7 Å². The molecule has 0 fully saturated rings. The van der Waals surface area contributed by atoms with Crippen LogP contribution in [0.25, 0.3) is 22.8 Å². The van der Waals surface area contributed by atoms with Gasteiger partial charge in [0.1, 0.15) is 11.6 Å². The Balaban J connectivity index is 1.48. The van der Waals surface area contributed by atoms with Gasteiger partial charge >= 0.3 is 0 Å². The zero-order chi connectivity index (χ0) is 20.1. The van der Waals surface area contributed by atoms with E-state index in [9.17, 15) is 4.79 Å². The van der Waals surface area contributed by atoms with E-state index in [1.807, 2.05) is 37.5 Å². The van der Waals surface area contributed by atoms with Crippen molar-refractivity contribution in [3.8, 4) is 5.69 Å². The van der Waals surface area contributed by atoms with Crippen LogP contribution in [0.4, 0.5) is 5.82 Å². The van der Waals surface area contributed by atoms with Gasteiger partial charge in [0.15, 0.2) is 5.78 Å². The lowest BCUT2D eigenvalue weighted by Crippen LogP contribution is -2.08. The monoisotopic (exact) mass is 401 g/mol. The second-order valence-electron chi connectivity index (χ2n) is 7.12. The third kappa shape index (κ3) is 2.94. The molecule has 0 spiro atoms. The Morgan fingerprint density at radius 1 is 1.24 bits per heavy atom. The normalized spacial score (nSPS) is 13.0. The summed E-state index contributed by atoms with van der Waals surface area (Å²) < 4.78 is 1.59. The molecule has 0 atom stereocenters. The molecule has 29 heavy (non-hydrogen) atoms. The van der Waals surface area contributed by atoms with E-state index >= 15 is 0 Å². The molecule has 0 radical (unpaired) electrons. The second-order valence-corrected chi connectivity index (χ2v) is 8.00. The Morgan fingerprint density at radius 3 is 2.93 bits per heavy atom. The van der Waals surface area contributed by atoms with Crippen LogP contribution >= 0.6 is 11.8 Å². The average molecular weight is 401 g/mol. The van der Waals surface area contributed by atoms with Crippen molar-refractivity contribution in [3.05, 3.63) is 70.7 Å². The van der Waals surface area contributed by atoms with E-state index in [1.165, 1.54) is 4.90 Å². The molecule has 7 heteroatoms. The number of fused-ring (bicyclic) bond motifs is 2. The predicted molar refractivity (Wildman–Crippen MR) is 117 cm³/mol. The van der Waals surface area contributed by atoms with Gasteiger partial charge in [-0.2, -0.15) is 5.10 Å². The zero-order valence-electron chi connectivity index (χ0n) is 16.1. The van der Waals surface area contributed by atoms with E-state index in [4.69, 9.17) is 5.73 Å². The maximum atomic E-state index is 13.1. The molecule has 0 saturated heterocycles. The number of ketones is 1. The van der Waals surface area contributed by atoms with Gasteiger partial charge in [0.2, 0.25) is 0 Å². The Morgan fingerprint density at radius 2 is 2.10 bits per heavy atom. The summed E-state index contributed by atoms with van der Waals surface area (Å²) in [5, 5.41) is 4.37. The summed E-state index contributed by atoms with van der Waals surface area (Å²) in [5.74, 6) is 1.11. The highest BCUT2D eigenvalue weighted by molar-refractivity contribution is 7.98. The minimum Gasteiger partial charge on any atom is -0.383 e. The van der Waals surface area contributed by atoms with Gasteiger partial charge in [-0.25, -0.2) is 9.67 Å². The maximum Gasteiger partial charge on any atom is 0.194 e. The van der Waals surface area contributed by atoms with Crippen LogP contribution < -0.4 is 5.73 Å². The lowest BCUT2D eigenvalue weighted by Gasteiger charge is -2.05. The number of aryl methyl sites for hydroxylation is 1. The van der Waals surface area contributed by atoms with Crippen LogP contribution in [-0.2, 0) is 6.42 Å². The number of nitrogens with zero attached hydrogens (tertiary/aromatic N) is 3. The molecule has 2 aromatic heterocycles. The third-order valence-corrected chi connectivity index (χ3v) is 5.96. The number of benzene rings is 2. The largest absolute Gasteiger partial charge is 0.383 e. The first kappa shape index (κ1) is 17.8. The Bertz CT molecular complexity index is 1310. The summed E-state index contributed by atoms with van der Waals surface area (Å²) in [4.78, 5) is 21.9. The van der Waals surface area contributed by atoms with Crippen LogP contribution in [0.5, 0.6) is 0 Å². The van der Waals surface area contributed by atoms with Crippen molar-refractivity contribution < 1.29 is 4.79 Å². The van der Waals surface area contributed by atoms with Gasteiger partial charge in [0.05, 0.1) is 28.5 Å². The predicted octanol–water partition coefficient (Wildman–Crippen LogP) is 4.18. The molecule has 0 bridgehead atoms. The van der Waals surface area contributed by atoms with Crippen LogP contribution in [0.3, 0.4) is 0 Å². The maximum absolute atomic E-state index is 13.1. The minimum absolute atomic E-state index is 0.0749. The van der Waals surface area contributed by atoms with Crippen molar-refractivity contribution >= 4 is 40.5 Å². The van der Waals surface area contributed by atoms with Crippen molar-refractivity contribution in [1.82, 2.24) is 19.7 Å². The molecule has 6 nitrogen and oxygen atoms in total. The first-order chi connectivity index (χ1) is 14.0. The molecule has 0 saturated carbocycles. The summed E-state index contributed by atoms with van der Waals surface area (Å²) in [6.45, 7) is 1.91. The molecule has 144 valence electrons. The van der Waals surface area contributed by atoms with Crippen LogP contribution in [0.1, 0.15) is 27.3 Å². The molecular formula is C22H19N5OS. The number of imidazole rings is 1. The standard InChI is InChI=1S/C22H19N5OS/c1-12-25-19-6-4-16(10-20(19)26-12)27-22(23)18(11-24-27)21(28)15-7-13-3-5-17(29-2)9-14(13)8-15/h3-6,8-11H,7,23H2,1-2H3,(H,25,26). The highest BCUT2D eigenvalue weighted by atomic mass is 32.2. The number of nitrogen functional groups attached to an aromatic ring is 1. The number of nitrogens with one attached hydrogen (secondary N) is 1. The topological polar surface area (TPSA) is 89.6 Å². The number of hydrogen-bond acceptors (Lipinski definition) is 5. The lowest BCUT2D eigenvalue weighted by atomic mass is 10.0. The van der Waals surface area contributed by atoms with Crippen LogP contribution in [-0.4, -0.2) is 31.8 Å². The number of carbonyl (C=O) groups is 1. The number of allylic oxidation sites excluding steroid dienone is 1. The van der Waals surface area contributed by atoms with Gasteiger partial charge in [-0.15, -0.1) is 11.8 Å². The number of nitrogens with two attached hydrogens (primary N) is 1. The lowest BCUT2D eigenvalue weighted by molar-refractivity contribution is 0.103. The van der Waals surface area contributed by atoms with Crippen molar-refractivity contribution in [2.75, 3.05) is 12.0 Å². The zero-order valence-corrected chi connectivity index (χ0v) is 16.9. The van der Waals surface area contributed by atoms with Gasteiger partial charge in [0.25, 0.3) is 0 Å². The van der Waals surface area contributed by atoms with Gasteiger partial charge in [-0.3, -0.25) is 4.79 Å². The van der Waals surface area contributed by atoms with Crippen LogP contribution in [0, 0.1) is 6.92 Å². The number of rotatable bonds is 4. The van der Waals surface area contributed by atoms with E-state index < -0.39 is 0 Å². The minimum atomic E-state index is -0.0749. The molecule has 4 aromatic rings. The van der Waals surface area contributed by atoms with Gasteiger partial charge in [-0.1, -0.05) is 6.07 Å². The molecule has 2 heterocycles. The van der Waals surface area contributed by atoms with Crippen molar-refractivity contribution in [2.24, 2.45) is 0 Å². The molecule has 0 unspecified atom stereocenters. The van der Waals surface area contributed by atoms with Crippen LogP contribution in [0.2, 0.25) is 0 Å². The summed E-state index contributed by atoms with van der Waals surface area (Å²) >= 11 is 1.69. The SMILES string of the molecule is CSc1ccc2c(c1)C=C(C(=O)c1cnn(-c3ccc4nc(C)[nH]c4c3)c1N)C2. The van der Waals surface area contributed by atoms with E-state index in [2.05, 4.69) is 33.3 Å². The molecule has 2 aromatic carbocycles. The first-order valence-corrected chi connectivity index (χ1v) is 10.5. The molecule has 0 aliphatic heterocycles. The number of anilines is 1. The Hall–Kier alpha value is -3.32. The molecule has 1 aliphatic rings. The first-order valence-electron chi connectivity index (χ1n) is 9.26. The van der Waals surface area contributed by atoms with E-state index in [1.54, 1.807) is 22.6 Å². The summed E-state index contributed by atoms with van der Waals surface area (Å²) in [5.41, 5.74) is 12.3. The second kappa shape index (κ2) is 6.63. The van der Waals surface area contributed by atoms with Crippen molar-refractivity contribution in [3.63, 3.8) is 0 Å². The molecule has 0 amide bonds. The fourth-order valence-electron chi connectivity index (χ4n) is 3.75.